The summed E-state index contributed by atoms with van der Waals surface area (Å²) in [6.07, 6.45) is 0.994. The fourth-order valence-corrected chi connectivity index (χ4v) is 2.74. The van der Waals surface area contributed by atoms with Crippen LogP contribution in [0.25, 0.3) is 0 Å². The number of rotatable bonds is 6. The molecular formula is C20H26N2S. The van der Waals surface area contributed by atoms with Gasteiger partial charge in [0.05, 0.1) is 6.04 Å². The first-order chi connectivity index (χ1) is 11.1. The van der Waals surface area contributed by atoms with Crippen molar-refractivity contribution in [3.8, 4) is 0 Å². The molecule has 1 unspecified atom stereocenters. The monoisotopic (exact) mass is 326 g/mol. The van der Waals surface area contributed by atoms with Crippen molar-refractivity contribution < 1.29 is 0 Å². The molecule has 122 valence electrons. The Labute approximate surface area is 145 Å². The first kappa shape index (κ1) is 17.5. The quantitative estimate of drug-likeness (QED) is 0.736. The SMILES string of the molecule is CCC(NC(=S)NCc1ccccc1)c1ccc(C(C)C)cc1. The molecule has 0 aliphatic carbocycles. The lowest BCUT2D eigenvalue weighted by molar-refractivity contribution is 0.615. The first-order valence-electron chi connectivity index (χ1n) is 8.28. The second kappa shape index (κ2) is 8.68. The molecule has 0 aromatic heterocycles. The summed E-state index contributed by atoms with van der Waals surface area (Å²) in [6, 6.07) is 19.4. The summed E-state index contributed by atoms with van der Waals surface area (Å²) in [4.78, 5) is 0. The summed E-state index contributed by atoms with van der Waals surface area (Å²) in [5.74, 6) is 0.561. The van der Waals surface area contributed by atoms with Crippen molar-refractivity contribution in [1.82, 2.24) is 10.6 Å². The Morgan fingerprint density at radius 2 is 1.57 bits per heavy atom. The highest BCUT2D eigenvalue weighted by Crippen LogP contribution is 2.20. The third kappa shape index (κ3) is 5.36. The van der Waals surface area contributed by atoms with E-state index in [4.69, 9.17) is 12.2 Å². The van der Waals surface area contributed by atoms with Gasteiger partial charge in [-0.05, 0) is 41.2 Å². The molecule has 2 aromatic rings. The smallest absolute Gasteiger partial charge is 0.167 e. The van der Waals surface area contributed by atoms with Crippen LogP contribution in [0.2, 0.25) is 0 Å². The highest BCUT2D eigenvalue weighted by molar-refractivity contribution is 7.80. The zero-order valence-electron chi connectivity index (χ0n) is 14.2. The molecule has 0 amide bonds. The molecule has 0 saturated carbocycles. The molecule has 0 spiro atoms. The normalized spacial score (nSPS) is 12.0. The molecule has 2 aromatic carbocycles. The third-order valence-corrected chi connectivity index (χ3v) is 4.28. The van der Waals surface area contributed by atoms with E-state index in [1.807, 2.05) is 18.2 Å². The number of benzene rings is 2. The van der Waals surface area contributed by atoms with E-state index in [9.17, 15) is 0 Å². The van der Waals surface area contributed by atoms with Crippen molar-refractivity contribution in [2.24, 2.45) is 0 Å². The molecule has 2 nitrogen and oxygen atoms in total. The van der Waals surface area contributed by atoms with E-state index in [-0.39, 0.29) is 6.04 Å². The van der Waals surface area contributed by atoms with Gasteiger partial charge in [-0.1, -0.05) is 75.4 Å². The maximum absolute atomic E-state index is 5.44. The van der Waals surface area contributed by atoms with Gasteiger partial charge in [-0.3, -0.25) is 0 Å². The zero-order chi connectivity index (χ0) is 16.7. The standard InChI is InChI=1S/C20H26N2S/c1-4-19(18-12-10-17(11-13-18)15(2)3)22-20(23)21-14-16-8-6-5-7-9-16/h5-13,15,19H,4,14H2,1-3H3,(H2,21,22,23). The minimum Gasteiger partial charge on any atom is -0.359 e. The molecular weight excluding hydrogens is 300 g/mol. The molecule has 0 aliphatic heterocycles. The Kier molecular flexibility index (Phi) is 6.60. The van der Waals surface area contributed by atoms with Crippen LogP contribution >= 0.6 is 12.2 Å². The molecule has 2 N–H and O–H groups in total. The van der Waals surface area contributed by atoms with Gasteiger partial charge in [0.25, 0.3) is 0 Å². The molecule has 0 saturated heterocycles. The Hall–Kier alpha value is -1.87. The Morgan fingerprint density at radius 3 is 2.13 bits per heavy atom. The van der Waals surface area contributed by atoms with E-state index in [0.29, 0.717) is 11.0 Å². The molecule has 23 heavy (non-hydrogen) atoms. The fraction of sp³-hybridized carbons (Fsp3) is 0.350. The van der Waals surface area contributed by atoms with E-state index in [0.717, 1.165) is 13.0 Å². The number of hydrogen-bond acceptors (Lipinski definition) is 1. The second-order valence-corrected chi connectivity index (χ2v) is 6.50. The summed E-state index contributed by atoms with van der Waals surface area (Å²) in [7, 11) is 0. The molecule has 0 fully saturated rings. The highest BCUT2D eigenvalue weighted by atomic mass is 32.1. The van der Waals surface area contributed by atoms with Crippen LogP contribution in [0.5, 0.6) is 0 Å². The van der Waals surface area contributed by atoms with Gasteiger partial charge in [0.1, 0.15) is 0 Å². The van der Waals surface area contributed by atoms with Crippen LogP contribution in [-0.4, -0.2) is 5.11 Å². The van der Waals surface area contributed by atoms with Gasteiger partial charge in [-0.2, -0.15) is 0 Å². The van der Waals surface area contributed by atoms with E-state index in [1.54, 1.807) is 0 Å². The minimum absolute atomic E-state index is 0.243. The van der Waals surface area contributed by atoms with Gasteiger partial charge in [0.2, 0.25) is 0 Å². The van der Waals surface area contributed by atoms with Crippen molar-refractivity contribution >= 4 is 17.3 Å². The van der Waals surface area contributed by atoms with Gasteiger partial charge < -0.3 is 10.6 Å². The van der Waals surface area contributed by atoms with Crippen LogP contribution in [0.4, 0.5) is 0 Å². The predicted octanol–water partition coefficient (Wildman–Crippen LogP) is 4.93. The van der Waals surface area contributed by atoms with Crippen molar-refractivity contribution in [2.45, 2.75) is 45.7 Å². The summed E-state index contributed by atoms with van der Waals surface area (Å²) in [5.41, 5.74) is 3.88. The molecule has 0 aliphatic rings. The Balaban J connectivity index is 1.91. The van der Waals surface area contributed by atoms with Crippen LogP contribution in [0.1, 0.15) is 55.8 Å². The maximum Gasteiger partial charge on any atom is 0.167 e. The van der Waals surface area contributed by atoms with E-state index in [1.165, 1.54) is 16.7 Å². The maximum atomic E-state index is 5.44. The predicted molar refractivity (Wildman–Crippen MR) is 103 cm³/mol. The van der Waals surface area contributed by atoms with Crippen LogP contribution < -0.4 is 10.6 Å². The highest BCUT2D eigenvalue weighted by Gasteiger charge is 2.11. The summed E-state index contributed by atoms with van der Waals surface area (Å²) in [5, 5.41) is 7.41. The van der Waals surface area contributed by atoms with E-state index in [2.05, 4.69) is 67.8 Å². The van der Waals surface area contributed by atoms with Gasteiger partial charge in [0, 0.05) is 6.54 Å². The second-order valence-electron chi connectivity index (χ2n) is 6.09. The minimum atomic E-state index is 0.243. The number of hydrogen-bond donors (Lipinski definition) is 2. The van der Waals surface area contributed by atoms with Crippen molar-refractivity contribution in [1.29, 1.82) is 0 Å². The van der Waals surface area contributed by atoms with Gasteiger partial charge in [-0.25, -0.2) is 0 Å². The summed E-state index contributed by atoms with van der Waals surface area (Å²) < 4.78 is 0. The van der Waals surface area contributed by atoms with E-state index < -0.39 is 0 Å². The Bertz CT molecular complexity index is 605. The first-order valence-corrected chi connectivity index (χ1v) is 8.69. The number of nitrogens with one attached hydrogen (secondary N) is 2. The van der Waals surface area contributed by atoms with Crippen molar-refractivity contribution in [3.05, 3.63) is 71.3 Å². The van der Waals surface area contributed by atoms with Gasteiger partial charge in [-0.15, -0.1) is 0 Å². The largest absolute Gasteiger partial charge is 0.359 e. The molecule has 3 heteroatoms. The Morgan fingerprint density at radius 1 is 0.957 bits per heavy atom. The molecule has 0 radical (unpaired) electrons. The number of thiocarbonyl (C=S) groups is 1. The van der Waals surface area contributed by atoms with Crippen molar-refractivity contribution in [3.63, 3.8) is 0 Å². The van der Waals surface area contributed by atoms with Crippen LogP contribution in [0.3, 0.4) is 0 Å². The lowest BCUT2D eigenvalue weighted by Crippen LogP contribution is -2.37. The lowest BCUT2D eigenvalue weighted by Gasteiger charge is -2.20. The molecule has 1 atom stereocenters. The van der Waals surface area contributed by atoms with Gasteiger partial charge in [0.15, 0.2) is 5.11 Å². The summed E-state index contributed by atoms with van der Waals surface area (Å²) >= 11 is 5.44. The van der Waals surface area contributed by atoms with Crippen LogP contribution in [0, 0.1) is 0 Å². The molecule has 2 rings (SSSR count). The third-order valence-electron chi connectivity index (χ3n) is 4.01. The fourth-order valence-electron chi connectivity index (χ4n) is 2.52. The summed E-state index contributed by atoms with van der Waals surface area (Å²) in [6.45, 7) is 7.35. The molecule has 0 bridgehead atoms. The zero-order valence-corrected chi connectivity index (χ0v) is 15.0. The van der Waals surface area contributed by atoms with Crippen LogP contribution in [-0.2, 0) is 6.54 Å². The lowest BCUT2D eigenvalue weighted by atomic mass is 9.98. The van der Waals surface area contributed by atoms with Crippen molar-refractivity contribution in [2.75, 3.05) is 0 Å². The molecule has 0 heterocycles. The topological polar surface area (TPSA) is 24.1 Å². The average molecular weight is 327 g/mol. The average Bonchev–Trinajstić information content (AvgIpc) is 2.59. The van der Waals surface area contributed by atoms with Crippen LogP contribution in [0.15, 0.2) is 54.6 Å². The van der Waals surface area contributed by atoms with Gasteiger partial charge >= 0.3 is 0 Å². The van der Waals surface area contributed by atoms with E-state index >= 15 is 0 Å².